The average molecular weight is 451 g/mol. The van der Waals surface area contributed by atoms with Gasteiger partial charge in [0, 0.05) is 6.08 Å². The molecule has 0 unspecified atom stereocenters. The summed E-state index contributed by atoms with van der Waals surface area (Å²) in [5.74, 6) is -0.0321. The van der Waals surface area contributed by atoms with Gasteiger partial charge in [-0.2, -0.15) is 0 Å². The fourth-order valence-corrected chi connectivity index (χ4v) is 5.36. The molecule has 0 aliphatic heterocycles. The van der Waals surface area contributed by atoms with Crippen molar-refractivity contribution in [3.05, 3.63) is 82.9 Å². The van der Waals surface area contributed by atoms with Crippen molar-refractivity contribution in [2.24, 2.45) is 0 Å². The SMILES string of the molecule is CCOC(=O)C=Cc1cc(CCS(=O)(=O)c2ccccc2C)c2cccc(C(C)C)cc1-2. The molecule has 0 atom stereocenters. The Labute approximate surface area is 191 Å². The van der Waals surface area contributed by atoms with Crippen LogP contribution < -0.4 is 0 Å². The van der Waals surface area contributed by atoms with E-state index < -0.39 is 15.8 Å². The van der Waals surface area contributed by atoms with Crippen LogP contribution >= 0.6 is 0 Å². The molecule has 0 saturated carbocycles. The smallest absolute Gasteiger partial charge is 0.330 e. The number of hydrogen-bond acceptors (Lipinski definition) is 4. The lowest BCUT2D eigenvalue weighted by atomic mass is 10.0. The van der Waals surface area contributed by atoms with E-state index in [1.807, 2.05) is 37.3 Å². The molecule has 0 saturated heterocycles. The van der Waals surface area contributed by atoms with Crippen LogP contribution in [-0.2, 0) is 25.8 Å². The minimum atomic E-state index is -3.41. The maximum Gasteiger partial charge on any atom is 0.330 e. The zero-order chi connectivity index (χ0) is 23.3. The minimum absolute atomic E-state index is 0.0215. The molecular formula is C27H30O4S. The Balaban J connectivity index is 1.99. The highest BCUT2D eigenvalue weighted by molar-refractivity contribution is 7.91. The highest BCUT2D eigenvalue weighted by atomic mass is 32.2. The van der Waals surface area contributed by atoms with Gasteiger partial charge in [-0.1, -0.05) is 62.4 Å². The van der Waals surface area contributed by atoms with Gasteiger partial charge in [0.2, 0.25) is 0 Å². The number of aryl methyl sites for hydroxylation is 2. The summed E-state index contributed by atoms with van der Waals surface area (Å²) in [7, 11) is -3.41. The lowest BCUT2D eigenvalue weighted by Gasteiger charge is -2.08. The summed E-state index contributed by atoms with van der Waals surface area (Å²) in [4.78, 5) is 12.2. The van der Waals surface area contributed by atoms with E-state index in [-0.39, 0.29) is 5.75 Å². The van der Waals surface area contributed by atoms with Gasteiger partial charge in [-0.3, -0.25) is 0 Å². The highest BCUT2D eigenvalue weighted by Crippen LogP contribution is 2.35. The molecule has 1 aromatic rings. The van der Waals surface area contributed by atoms with Gasteiger partial charge in [0.15, 0.2) is 9.84 Å². The first-order chi connectivity index (χ1) is 15.2. The summed E-state index contributed by atoms with van der Waals surface area (Å²) in [6, 6.07) is 17.3. The van der Waals surface area contributed by atoms with Crippen LogP contribution in [-0.4, -0.2) is 26.7 Å². The summed E-state index contributed by atoms with van der Waals surface area (Å²) in [6.45, 7) is 8.17. The summed E-state index contributed by atoms with van der Waals surface area (Å²) in [6.07, 6.45) is 3.57. The Morgan fingerprint density at radius 1 is 1.03 bits per heavy atom. The molecule has 0 radical (unpaired) electrons. The van der Waals surface area contributed by atoms with Crippen LogP contribution in [0.1, 0.15) is 48.9 Å². The Bertz CT molecular complexity index is 1210. The number of sulfone groups is 1. The number of benzene rings is 1. The number of hydrogen-bond donors (Lipinski definition) is 0. The second-order valence-corrected chi connectivity index (χ2v) is 10.3. The quantitative estimate of drug-likeness (QED) is 0.321. The average Bonchev–Trinajstić information content (AvgIpc) is 2.91. The third-order valence-electron chi connectivity index (χ3n) is 5.56. The third kappa shape index (κ3) is 5.46. The molecule has 0 N–H and O–H groups in total. The summed E-state index contributed by atoms with van der Waals surface area (Å²) < 4.78 is 31.0. The van der Waals surface area contributed by atoms with Crippen molar-refractivity contribution in [1.29, 1.82) is 0 Å². The molecule has 0 aromatic heterocycles. The van der Waals surface area contributed by atoms with E-state index >= 15 is 0 Å². The molecule has 2 aliphatic rings. The van der Waals surface area contributed by atoms with Crippen LogP contribution in [0.2, 0.25) is 0 Å². The van der Waals surface area contributed by atoms with E-state index in [4.69, 9.17) is 4.74 Å². The van der Waals surface area contributed by atoms with Crippen LogP contribution in [0.4, 0.5) is 0 Å². The fraction of sp³-hybridized carbons (Fsp3) is 0.296. The number of carbonyl (C=O) groups excluding carboxylic acids is 1. The molecule has 168 valence electrons. The monoisotopic (exact) mass is 450 g/mol. The molecule has 0 heterocycles. The van der Waals surface area contributed by atoms with Crippen LogP contribution in [0.25, 0.3) is 17.2 Å². The van der Waals surface area contributed by atoms with Crippen molar-refractivity contribution in [2.75, 3.05) is 12.4 Å². The Hall–Kier alpha value is -2.92. The highest BCUT2D eigenvalue weighted by Gasteiger charge is 2.20. The number of esters is 1. The van der Waals surface area contributed by atoms with Crippen molar-refractivity contribution in [2.45, 2.75) is 44.9 Å². The van der Waals surface area contributed by atoms with E-state index in [9.17, 15) is 13.2 Å². The molecule has 1 aromatic carbocycles. The van der Waals surface area contributed by atoms with E-state index in [1.54, 1.807) is 25.1 Å². The van der Waals surface area contributed by atoms with Crippen molar-refractivity contribution in [3.63, 3.8) is 0 Å². The molecular weight excluding hydrogens is 420 g/mol. The first kappa shape index (κ1) is 23.7. The lowest BCUT2D eigenvalue weighted by molar-refractivity contribution is -0.137. The zero-order valence-electron chi connectivity index (χ0n) is 19.1. The largest absolute Gasteiger partial charge is 0.463 e. The van der Waals surface area contributed by atoms with Crippen LogP contribution in [0.3, 0.4) is 0 Å². The number of carbonyl (C=O) groups is 1. The first-order valence-corrected chi connectivity index (χ1v) is 12.6. The topological polar surface area (TPSA) is 60.4 Å². The van der Waals surface area contributed by atoms with Crippen molar-refractivity contribution < 1.29 is 17.9 Å². The summed E-state index contributed by atoms with van der Waals surface area (Å²) in [5, 5.41) is 0. The van der Waals surface area contributed by atoms with Gasteiger partial charge >= 0.3 is 5.97 Å². The van der Waals surface area contributed by atoms with E-state index in [0.29, 0.717) is 23.8 Å². The molecule has 2 aliphatic carbocycles. The van der Waals surface area contributed by atoms with Crippen LogP contribution in [0.5, 0.6) is 0 Å². The van der Waals surface area contributed by atoms with Gasteiger partial charge in [-0.25, -0.2) is 13.2 Å². The maximum absolute atomic E-state index is 13.0. The molecule has 5 heteroatoms. The Kier molecular flexibility index (Phi) is 7.52. The number of rotatable bonds is 8. The second kappa shape index (κ2) is 10.1. The van der Waals surface area contributed by atoms with Gasteiger partial charge in [0.05, 0.1) is 17.3 Å². The third-order valence-corrected chi connectivity index (χ3v) is 7.43. The molecule has 0 spiro atoms. The molecule has 0 bridgehead atoms. The number of fused-ring (bicyclic) bond motifs is 1. The van der Waals surface area contributed by atoms with Crippen LogP contribution in [0, 0.1) is 6.92 Å². The molecule has 0 fully saturated rings. The van der Waals surface area contributed by atoms with E-state index in [0.717, 1.165) is 27.8 Å². The molecule has 0 amide bonds. The van der Waals surface area contributed by atoms with Gasteiger partial charge in [-0.15, -0.1) is 0 Å². The Morgan fingerprint density at radius 3 is 2.47 bits per heavy atom. The summed E-state index contributed by atoms with van der Waals surface area (Å²) >= 11 is 0. The predicted octanol–water partition coefficient (Wildman–Crippen LogP) is 5.82. The molecule has 32 heavy (non-hydrogen) atoms. The van der Waals surface area contributed by atoms with E-state index in [1.165, 1.54) is 11.6 Å². The van der Waals surface area contributed by atoms with Gasteiger partial charge in [-0.05, 0) is 71.7 Å². The van der Waals surface area contributed by atoms with Crippen molar-refractivity contribution >= 4 is 21.9 Å². The molecule has 3 rings (SSSR count). The van der Waals surface area contributed by atoms with Gasteiger partial charge in [0.25, 0.3) is 0 Å². The fourth-order valence-electron chi connectivity index (χ4n) is 3.81. The predicted molar refractivity (Wildman–Crippen MR) is 130 cm³/mol. The summed E-state index contributed by atoms with van der Waals surface area (Å²) in [5.41, 5.74) is 5.77. The van der Waals surface area contributed by atoms with Gasteiger partial charge in [0.1, 0.15) is 0 Å². The van der Waals surface area contributed by atoms with Crippen molar-refractivity contribution in [1.82, 2.24) is 0 Å². The Morgan fingerprint density at radius 2 is 1.78 bits per heavy atom. The van der Waals surface area contributed by atoms with Crippen LogP contribution in [0.15, 0.2) is 65.6 Å². The van der Waals surface area contributed by atoms with E-state index in [2.05, 4.69) is 26.0 Å². The second-order valence-electron chi connectivity index (χ2n) is 8.20. The maximum atomic E-state index is 13.0. The molecule has 4 nitrogen and oxygen atoms in total. The minimum Gasteiger partial charge on any atom is -0.463 e. The number of ether oxygens (including phenoxy) is 1. The zero-order valence-corrected chi connectivity index (χ0v) is 19.9. The van der Waals surface area contributed by atoms with Crippen molar-refractivity contribution in [3.8, 4) is 11.1 Å². The standard InChI is InChI=1S/C27H30O4S/c1-5-31-27(28)14-13-22-17-23(24-11-8-10-21(19(2)3)18-25(22)24)15-16-32(29,30)26-12-7-6-9-20(26)4/h6-14,17-19H,5,15-16H2,1-4H3. The lowest BCUT2D eigenvalue weighted by Crippen LogP contribution is -2.10. The van der Waals surface area contributed by atoms with Gasteiger partial charge < -0.3 is 4.74 Å². The first-order valence-electron chi connectivity index (χ1n) is 10.9. The normalized spacial score (nSPS) is 12.0.